The second-order valence-electron chi connectivity index (χ2n) is 5.33. The van der Waals surface area contributed by atoms with Gasteiger partial charge in [0.1, 0.15) is 6.61 Å². The molecule has 2 rings (SSSR count). The number of thiocarbonyl (C=S) groups is 1. The molecular weight excluding hydrogens is 308 g/mol. The molecule has 4 nitrogen and oxygen atoms in total. The van der Waals surface area contributed by atoms with Crippen LogP contribution < -0.4 is 20.1 Å². The number of rotatable bonds is 6. The van der Waals surface area contributed by atoms with Gasteiger partial charge < -0.3 is 20.1 Å². The first kappa shape index (κ1) is 17.1. The molecule has 122 valence electrons. The molecule has 0 bridgehead atoms. The quantitative estimate of drug-likeness (QED) is 0.790. The Bertz CT molecular complexity index is 661. The van der Waals surface area contributed by atoms with Crippen LogP contribution in [0.4, 0.5) is 5.69 Å². The molecule has 2 N–H and O–H groups in total. The third kappa shape index (κ3) is 5.45. The fraction of sp³-hybridized carbons (Fsp3) is 0.278. The monoisotopic (exact) mass is 330 g/mol. The lowest BCUT2D eigenvalue weighted by molar-refractivity contribution is 0.270. The van der Waals surface area contributed by atoms with Gasteiger partial charge in [-0.05, 0) is 55.9 Å². The number of ether oxygens (including phenoxy) is 2. The Labute approximate surface area is 142 Å². The third-order valence-electron chi connectivity index (χ3n) is 3.21. The van der Waals surface area contributed by atoms with Crippen molar-refractivity contribution in [1.29, 1.82) is 0 Å². The number of para-hydroxylation sites is 2. The maximum absolute atomic E-state index is 5.79. The van der Waals surface area contributed by atoms with Gasteiger partial charge in [-0.25, -0.2) is 0 Å². The van der Waals surface area contributed by atoms with Crippen LogP contribution in [0, 0.1) is 6.92 Å². The van der Waals surface area contributed by atoms with E-state index in [1.165, 1.54) is 5.56 Å². The van der Waals surface area contributed by atoms with Gasteiger partial charge in [-0.15, -0.1) is 0 Å². The van der Waals surface area contributed by atoms with Gasteiger partial charge in [0.15, 0.2) is 16.6 Å². The average molecular weight is 330 g/mol. The van der Waals surface area contributed by atoms with E-state index >= 15 is 0 Å². The fourth-order valence-electron chi connectivity index (χ4n) is 2.11. The summed E-state index contributed by atoms with van der Waals surface area (Å²) in [5.41, 5.74) is 2.16. The van der Waals surface area contributed by atoms with Crippen LogP contribution in [0.25, 0.3) is 0 Å². The molecule has 23 heavy (non-hydrogen) atoms. The van der Waals surface area contributed by atoms with Gasteiger partial charge in [-0.2, -0.15) is 0 Å². The molecule has 0 unspecified atom stereocenters. The van der Waals surface area contributed by atoms with Crippen molar-refractivity contribution >= 4 is 23.0 Å². The van der Waals surface area contributed by atoms with Crippen LogP contribution in [0.1, 0.15) is 12.5 Å². The number of anilines is 1. The summed E-state index contributed by atoms with van der Waals surface area (Å²) in [5.74, 6) is 1.45. The minimum atomic E-state index is 0.0599. The molecule has 0 heterocycles. The first-order chi connectivity index (χ1) is 11.1. The van der Waals surface area contributed by atoms with E-state index in [1.807, 2.05) is 62.4 Å². The molecule has 0 aliphatic heterocycles. The second kappa shape index (κ2) is 8.39. The molecule has 0 fully saturated rings. The molecule has 2 aromatic carbocycles. The van der Waals surface area contributed by atoms with E-state index in [2.05, 4.69) is 10.6 Å². The van der Waals surface area contributed by atoms with Gasteiger partial charge in [0.25, 0.3) is 0 Å². The van der Waals surface area contributed by atoms with Crippen LogP contribution >= 0.6 is 12.2 Å². The van der Waals surface area contributed by atoms with E-state index in [4.69, 9.17) is 21.7 Å². The van der Waals surface area contributed by atoms with Crippen LogP contribution in [0.2, 0.25) is 0 Å². The molecule has 0 saturated carbocycles. The number of methoxy groups -OCH3 is 1. The zero-order valence-corrected chi connectivity index (χ0v) is 14.4. The minimum Gasteiger partial charge on any atom is -0.493 e. The number of nitrogens with one attached hydrogen (secondary N) is 2. The van der Waals surface area contributed by atoms with Crippen molar-refractivity contribution in [3.63, 3.8) is 0 Å². The zero-order chi connectivity index (χ0) is 16.7. The Kier molecular flexibility index (Phi) is 6.23. The summed E-state index contributed by atoms with van der Waals surface area (Å²) in [5, 5.41) is 6.96. The van der Waals surface area contributed by atoms with Crippen molar-refractivity contribution in [2.75, 3.05) is 19.0 Å². The van der Waals surface area contributed by atoms with Crippen LogP contribution in [0.15, 0.2) is 48.5 Å². The zero-order valence-electron chi connectivity index (χ0n) is 13.6. The van der Waals surface area contributed by atoms with Crippen LogP contribution in [-0.4, -0.2) is 24.9 Å². The van der Waals surface area contributed by atoms with E-state index in [0.717, 1.165) is 17.2 Å². The number of aryl methyl sites for hydroxylation is 1. The third-order valence-corrected chi connectivity index (χ3v) is 3.43. The van der Waals surface area contributed by atoms with E-state index < -0.39 is 0 Å². The molecule has 0 amide bonds. The van der Waals surface area contributed by atoms with Crippen molar-refractivity contribution in [1.82, 2.24) is 5.32 Å². The fourth-order valence-corrected chi connectivity index (χ4v) is 2.43. The van der Waals surface area contributed by atoms with Crippen molar-refractivity contribution < 1.29 is 9.47 Å². The summed E-state index contributed by atoms with van der Waals surface area (Å²) in [7, 11) is 1.63. The van der Waals surface area contributed by atoms with Crippen LogP contribution in [-0.2, 0) is 0 Å². The number of hydrogen-bond donors (Lipinski definition) is 2. The summed E-state index contributed by atoms with van der Waals surface area (Å²) in [6.07, 6.45) is 0. The topological polar surface area (TPSA) is 42.5 Å². The predicted molar refractivity (Wildman–Crippen MR) is 98.5 cm³/mol. The standard InChI is InChI=1S/C18H22N2O2S/c1-13-7-6-8-15(11-13)20-18(23)19-14(2)12-22-17-10-5-4-9-16(17)21-3/h4-11,14H,12H2,1-3H3,(H2,19,20,23)/t14-/m0/s1. The van der Waals surface area contributed by atoms with Gasteiger partial charge in [-0.3, -0.25) is 0 Å². The van der Waals surface area contributed by atoms with Gasteiger partial charge >= 0.3 is 0 Å². The molecule has 2 aromatic rings. The highest BCUT2D eigenvalue weighted by Gasteiger charge is 2.08. The number of hydrogen-bond acceptors (Lipinski definition) is 3. The maximum atomic E-state index is 5.79. The molecule has 1 atom stereocenters. The normalized spacial score (nSPS) is 11.4. The first-order valence-corrected chi connectivity index (χ1v) is 7.89. The predicted octanol–water partition coefficient (Wildman–Crippen LogP) is 3.76. The van der Waals surface area contributed by atoms with E-state index in [9.17, 15) is 0 Å². The Morgan fingerprint density at radius 2 is 1.87 bits per heavy atom. The Morgan fingerprint density at radius 3 is 2.57 bits per heavy atom. The molecule has 0 spiro atoms. The molecular formula is C18H22N2O2S. The smallest absolute Gasteiger partial charge is 0.171 e. The molecule has 5 heteroatoms. The Morgan fingerprint density at radius 1 is 1.13 bits per heavy atom. The van der Waals surface area contributed by atoms with Gasteiger partial charge in [0.05, 0.1) is 13.2 Å². The summed E-state index contributed by atoms with van der Waals surface area (Å²) in [6, 6.07) is 15.7. The van der Waals surface area contributed by atoms with Gasteiger partial charge in [0, 0.05) is 5.69 Å². The van der Waals surface area contributed by atoms with E-state index in [-0.39, 0.29) is 6.04 Å². The Balaban J connectivity index is 1.82. The van der Waals surface area contributed by atoms with Crippen molar-refractivity contribution in [2.24, 2.45) is 0 Å². The lowest BCUT2D eigenvalue weighted by atomic mass is 10.2. The molecule has 0 saturated heterocycles. The summed E-state index contributed by atoms with van der Waals surface area (Å²) >= 11 is 5.33. The SMILES string of the molecule is COc1ccccc1OC[C@H](C)NC(=S)Nc1cccc(C)c1. The number of benzene rings is 2. The van der Waals surface area contributed by atoms with E-state index in [1.54, 1.807) is 7.11 Å². The highest BCUT2D eigenvalue weighted by Crippen LogP contribution is 2.25. The maximum Gasteiger partial charge on any atom is 0.171 e. The lowest BCUT2D eigenvalue weighted by Crippen LogP contribution is -2.39. The minimum absolute atomic E-state index is 0.0599. The van der Waals surface area contributed by atoms with Crippen LogP contribution in [0.5, 0.6) is 11.5 Å². The summed E-state index contributed by atoms with van der Waals surface area (Å²) in [6.45, 7) is 4.54. The Hall–Kier alpha value is -2.27. The van der Waals surface area contributed by atoms with Crippen molar-refractivity contribution in [2.45, 2.75) is 19.9 Å². The second-order valence-corrected chi connectivity index (χ2v) is 5.74. The first-order valence-electron chi connectivity index (χ1n) is 7.48. The van der Waals surface area contributed by atoms with Crippen molar-refractivity contribution in [3.8, 4) is 11.5 Å². The molecule has 0 radical (unpaired) electrons. The van der Waals surface area contributed by atoms with Gasteiger partial charge in [0.2, 0.25) is 0 Å². The van der Waals surface area contributed by atoms with Gasteiger partial charge in [-0.1, -0.05) is 24.3 Å². The molecule has 0 aliphatic carbocycles. The molecule has 0 aliphatic rings. The summed E-state index contributed by atoms with van der Waals surface area (Å²) < 4.78 is 11.1. The van der Waals surface area contributed by atoms with Crippen molar-refractivity contribution in [3.05, 3.63) is 54.1 Å². The van der Waals surface area contributed by atoms with Crippen LogP contribution in [0.3, 0.4) is 0 Å². The highest BCUT2D eigenvalue weighted by molar-refractivity contribution is 7.80. The summed E-state index contributed by atoms with van der Waals surface area (Å²) in [4.78, 5) is 0. The lowest BCUT2D eigenvalue weighted by Gasteiger charge is -2.18. The highest BCUT2D eigenvalue weighted by atomic mass is 32.1. The average Bonchev–Trinajstić information content (AvgIpc) is 2.53. The van der Waals surface area contributed by atoms with E-state index in [0.29, 0.717) is 11.7 Å². The molecule has 0 aromatic heterocycles. The largest absolute Gasteiger partial charge is 0.493 e.